The van der Waals surface area contributed by atoms with Gasteiger partial charge in [-0.25, -0.2) is 0 Å². The SMILES string of the molecule is COC1COCCC1NC#N. The van der Waals surface area contributed by atoms with Crippen molar-refractivity contribution in [3.05, 3.63) is 0 Å². The van der Waals surface area contributed by atoms with Crippen LogP contribution >= 0.6 is 0 Å². The maximum atomic E-state index is 8.37. The summed E-state index contributed by atoms with van der Waals surface area (Å²) in [7, 11) is 1.63. The summed E-state index contributed by atoms with van der Waals surface area (Å²) < 4.78 is 10.3. The Morgan fingerprint density at radius 3 is 3.18 bits per heavy atom. The zero-order valence-electron chi connectivity index (χ0n) is 6.54. The highest BCUT2D eigenvalue weighted by atomic mass is 16.5. The summed E-state index contributed by atoms with van der Waals surface area (Å²) >= 11 is 0. The minimum atomic E-state index is 0.0170. The van der Waals surface area contributed by atoms with Crippen molar-refractivity contribution in [2.75, 3.05) is 20.3 Å². The van der Waals surface area contributed by atoms with Crippen molar-refractivity contribution in [2.45, 2.75) is 18.6 Å². The Morgan fingerprint density at radius 1 is 1.73 bits per heavy atom. The molecule has 1 heterocycles. The number of rotatable bonds is 2. The zero-order chi connectivity index (χ0) is 8.10. The summed E-state index contributed by atoms with van der Waals surface area (Å²) in [4.78, 5) is 0. The number of hydrogen-bond acceptors (Lipinski definition) is 4. The molecule has 1 aliphatic heterocycles. The van der Waals surface area contributed by atoms with E-state index in [2.05, 4.69) is 5.32 Å². The first kappa shape index (κ1) is 8.31. The van der Waals surface area contributed by atoms with Gasteiger partial charge in [-0.2, -0.15) is 5.26 Å². The van der Waals surface area contributed by atoms with E-state index < -0.39 is 0 Å². The largest absolute Gasteiger partial charge is 0.379 e. The molecule has 0 saturated carbocycles. The monoisotopic (exact) mass is 156 g/mol. The summed E-state index contributed by atoms with van der Waals surface area (Å²) in [5.41, 5.74) is 0. The Morgan fingerprint density at radius 2 is 2.55 bits per heavy atom. The molecule has 4 heteroatoms. The molecule has 1 aliphatic rings. The summed E-state index contributed by atoms with van der Waals surface area (Å²) in [6.07, 6.45) is 2.77. The normalized spacial score (nSPS) is 30.9. The van der Waals surface area contributed by atoms with Crippen LogP contribution in [-0.2, 0) is 9.47 Å². The number of hydrogen-bond donors (Lipinski definition) is 1. The van der Waals surface area contributed by atoms with Gasteiger partial charge < -0.3 is 14.8 Å². The van der Waals surface area contributed by atoms with Crippen LogP contribution in [0.3, 0.4) is 0 Å². The molecule has 62 valence electrons. The van der Waals surface area contributed by atoms with Crippen molar-refractivity contribution in [3.8, 4) is 6.19 Å². The van der Waals surface area contributed by atoms with Crippen LogP contribution in [0.2, 0.25) is 0 Å². The molecule has 0 aromatic heterocycles. The predicted molar refractivity (Wildman–Crippen MR) is 38.8 cm³/mol. The number of ether oxygens (including phenoxy) is 2. The first-order valence-corrected chi connectivity index (χ1v) is 3.63. The van der Waals surface area contributed by atoms with E-state index >= 15 is 0 Å². The van der Waals surface area contributed by atoms with Gasteiger partial charge in [0.15, 0.2) is 6.19 Å². The number of methoxy groups -OCH3 is 1. The molecule has 11 heavy (non-hydrogen) atoms. The maximum absolute atomic E-state index is 8.37. The minimum Gasteiger partial charge on any atom is -0.379 e. The molecule has 0 spiro atoms. The predicted octanol–water partition coefficient (Wildman–Crippen LogP) is -0.139. The van der Waals surface area contributed by atoms with Crippen LogP contribution in [0.25, 0.3) is 0 Å². The molecule has 1 rings (SSSR count). The van der Waals surface area contributed by atoms with Gasteiger partial charge in [0.25, 0.3) is 0 Å². The third-order valence-electron chi connectivity index (χ3n) is 1.86. The summed E-state index contributed by atoms with van der Waals surface area (Å²) in [6.45, 7) is 1.29. The highest BCUT2D eigenvalue weighted by Gasteiger charge is 2.24. The van der Waals surface area contributed by atoms with E-state index in [1.165, 1.54) is 0 Å². The first-order chi connectivity index (χ1) is 5.38. The molecule has 2 atom stereocenters. The Labute approximate surface area is 66.1 Å². The van der Waals surface area contributed by atoms with E-state index in [4.69, 9.17) is 14.7 Å². The number of nitrogens with zero attached hydrogens (tertiary/aromatic N) is 1. The van der Waals surface area contributed by atoms with E-state index in [9.17, 15) is 0 Å². The third-order valence-corrected chi connectivity index (χ3v) is 1.86. The zero-order valence-corrected chi connectivity index (χ0v) is 6.54. The fourth-order valence-corrected chi connectivity index (χ4v) is 1.19. The van der Waals surface area contributed by atoms with Crippen LogP contribution < -0.4 is 5.32 Å². The van der Waals surface area contributed by atoms with Crippen molar-refractivity contribution in [3.63, 3.8) is 0 Å². The van der Waals surface area contributed by atoms with Gasteiger partial charge in [-0.15, -0.1) is 0 Å². The molecule has 1 fully saturated rings. The van der Waals surface area contributed by atoms with Gasteiger partial charge in [0.1, 0.15) is 6.10 Å². The Balaban J connectivity index is 2.39. The van der Waals surface area contributed by atoms with E-state index in [1.54, 1.807) is 7.11 Å². The molecule has 4 nitrogen and oxygen atoms in total. The van der Waals surface area contributed by atoms with Gasteiger partial charge >= 0.3 is 0 Å². The van der Waals surface area contributed by atoms with Crippen LogP contribution in [0.4, 0.5) is 0 Å². The highest BCUT2D eigenvalue weighted by Crippen LogP contribution is 2.09. The molecule has 1 N–H and O–H groups in total. The van der Waals surface area contributed by atoms with Crippen molar-refractivity contribution in [1.82, 2.24) is 5.32 Å². The van der Waals surface area contributed by atoms with Gasteiger partial charge in [0.05, 0.1) is 12.6 Å². The molecular formula is C7H12N2O2. The molecular weight excluding hydrogens is 144 g/mol. The molecule has 0 bridgehead atoms. The molecule has 0 amide bonds. The molecule has 2 unspecified atom stereocenters. The highest BCUT2D eigenvalue weighted by molar-refractivity contribution is 4.85. The molecule has 0 aromatic carbocycles. The van der Waals surface area contributed by atoms with E-state index in [0.717, 1.165) is 6.42 Å². The van der Waals surface area contributed by atoms with Crippen LogP contribution in [0.5, 0.6) is 0 Å². The lowest BCUT2D eigenvalue weighted by Crippen LogP contribution is -2.45. The Bertz CT molecular complexity index is 155. The quantitative estimate of drug-likeness (QED) is 0.446. The first-order valence-electron chi connectivity index (χ1n) is 3.63. The summed E-state index contributed by atoms with van der Waals surface area (Å²) in [5.74, 6) is 0. The standard InChI is InChI=1S/C7H12N2O2/c1-10-7-4-11-3-2-6(7)9-5-8/h6-7,9H,2-4H2,1H3. The average Bonchev–Trinajstić information content (AvgIpc) is 2.06. The molecule has 0 aliphatic carbocycles. The smallest absolute Gasteiger partial charge is 0.176 e. The van der Waals surface area contributed by atoms with Gasteiger partial charge in [-0.1, -0.05) is 0 Å². The number of nitriles is 1. The van der Waals surface area contributed by atoms with E-state index in [0.29, 0.717) is 13.2 Å². The average molecular weight is 156 g/mol. The van der Waals surface area contributed by atoms with Crippen LogP contribution in [0.1, 0.15) is 6.42 Å². The maximum Gasteiger partial charge on any atom is 0.176 e. The van der Waals surface area contributed by atoms with Gasteiger partial charge in [0, 0.05) is 13.7 Å². The lowest BCUT2D eigenvalue weighted by Gasteiger charge is -2.28. The van der Waals surface area contributed by atoms with Crippen LogP contribution in [-0.4, -0.2) is 32.5 Å². The second-order valence-electron chi connectivity index (χ2n) is 2.50. The van der Waals surface area contributed by atoms with Gasteiger partial charge in [0.2, 0.25) is 0 Å². The van der Waals surface area contributed by atoms with E-state index in [-0.39, 0.29) is 12.1 Å². The van der Waals surface area contributed by atoms with Crippen LogP contribution in [0.15, 0.2) is 0 Å². The molecule has 1 saturated heterocycles. The minimum absolute atomic E-state index is 0.0170. The fourth-order valence-electron chi connectivity index (χ4n) is 1.19. The van der Waals surface area contributed by atoms with Crippen molar-refractivity contribution in [1.29, 1.82) is 5.26 Å². The summed E-state index contributed by atoms with van der Waals surface area (Å²) in [6, 6.07) is 0.124. The second kappa shape index (κ2) is 4.16. The number of nitrogens with one attached hydrogen (secondary N) is 1. The Kier molecular flexibility index (Phi) is 3.14. The molecule has 0 radical (unpaired) electrons. The topological polar surface area (TPSA) is 54.3 Å². The molecule has 0 aromatic rings. The van der Waals surface area contributed by atoms with Gasteiger partial charge in [-0.3, -0.25) is 0 Å². The van der Waals surface area contributed by atoms with Gasteiger partial charge in [-0.05, 0) is 6.42 Å². The van der Waals surface area contributed by atoms with Crippen LogP contribution in [0, 0.1) is 11.5 Å². The second-order valence-corrected chi connectivity index (χ2v) is 2.50. The fraction of sp³-hybridized carbons (Fsp3) is 0.857. The van der Waals surface area contributed by atoms with Crippen molar-refractivity contribution < 1.29 is 9.47 Å². The Hall–Kier alpha value is -0.790. The summed E-state index contributed by atoms with van der Waals surface area (Å²) in [5, 5.41) is 11.1. The lowest BCUT2D eigenvalue weighted by molar-refractivity contribution is -0.0464. The van der Waals surface area contributed by atoms with Crippen molar-refractivity contribution >= 4 is 0 Å². The van der Waals surface area contributed by atoms with E-state index in [1.807, 2.05) is 6.19 Å². The lowest BCUT2D eigenvalue weighted by atomic mass is 10.1. The third kappa shape index (κ3) is 2.07. The van der Waals surface area contributed by atoms with Crippen molar-refractivity contribution in [2.24, 2.45) is 0 Å².